The van der Waals surface area contributed by atoms with E-state index >= 15 is 0 Å². The van der Waals surface area contributed by atoms with E-state index in [-0.39, 0.29) is 11.7 Å². The van der Waals surface area contributed by atoms with Crippen LogP contribution < -0.4 is 11.1 Å². The summed E-state index contributed by atoms with van der Waals surface area (Å²) in [6, 6.07) is 14.9. The maximum absolute atomic E-state index is 12.3. The number of pyridine rings is 1. The van der Waals surface area contributed by atoms with Crippen LogP contribution in [-0.2, 0) is 0 Å². The van der Waals surface area contributed by atoms with Gasteiger partial charge in [-0.3, -0.25) is 4.79 Å². The van der Waals surface area contributed by atoms with Gasteiger partial charge < -0.3 is 16.2 Å². The third-order valence-corrected chi connectivity index (χ3v) is 3.72. The fourth-order valence-corrected chi connectivity index (χ4v) is 2.31. The predicted octanol–water partition coefficient (Wildman–Crippen LogP) is 3.94. The number of phenols is 1. The third kappa shape index (κ3) is 3.47. The third-order valence-electron chi connectivity index (χ3n) is 3.49. The van der Waals surface area contributed by atoms with Gasteiger partial charge in [-0.1, -0.05) is 17.7 Å². The highest BCUT2D eigenvalue weighted by atomic mass is 35.5. The molecule has 0 saturated heterocycles. The Kier molecular flexibility index (Phi) is 4.35. The highest BCUT2D eigenvalue weighted by Gasteiger charge is 2.10. The summed E-state index contributed by atoms with van der Waals surface area (Å²) in [5.74, 6) is -0.212. The molecule has 2 aromatic carbocycles. The number of carbonyl (C=O) groups is 1. The molecule has 5 nitrogen and oxygen atoms in total. The summed E-state index contributed by atoms with van der Waals surface area (Å²) in [6.07, 6.45) is 1.65. The summed E-state index contributed by atoms with van der Waals surface area (Å²) < 4.78 is 0. The van der Waals surface area contributed by atoms with E-state index in [4.69, 9.17) is 17.3 Å². The molecule has 0 spiro atoms. The number of aromatic hydroxyl groups is 1. The molecular formula is C18H14ClN3O2. The fourth-order valence-electron chi connectivity index (χ4n) is 2.20. The van der Waals surface area contributed by atoms with Gasteiger partial charge in [0, 0.05) is 17.3 Å². The monoisotopic (exact) mass is 339 g/mol. The fraction of sp³-hybridized carbons (Fsp3) is 0. The number of anilines is 2. The molecule has 6 heteroatoms. The Morgan fingerprint density at radius 1 is 1.04 bits per heavy atom. The average molecular weight is 340 g/mol. The standard InChI is InChI=1S/C18H14ClN3O2/c19-17-8-4-13(10-21-17)12-3-7-15(20)16(9-12)22-18(24)11-1-5-14(23)6-2-11/h1-10,23H,20H2,(H,22,24). The highest BCUT2D eigenvalue weighted by Crippen LogP contribution is 2.28. The van der Waals surface area contributed by atoms with E-state index in [0.717, 1.165) is 11.1 Å². The zero-order valence-corrected chi connectivity index (χ0v) is 13.3. The van der Waals surface area contributed by atoms with Crippen LogP contribution >= 0.6 is 11.6 Å². The number of hydrogen-bond donors (Lipinski definition) is 3. The van der Waals surface area contributed by atoms with E-state index in [2.05, 4.69) is 10.3 Å². The average Bonchev–Trinajstić information content (AvgIpc) is 2.58. The highest BCUT2D eigenvalue weighted by molar-refractivity contribution is 6.29. The van der Waals surface area contributed by atoms with Gasteiger partial charge in [-0.15, -0.1) is 0 Å². The number of rotatable bonds is 3. The number of carbonyl (C=O) groups excluding carboxylic acids is 1. The van der Waals surface area contributed by atoms with Gasteiger partial charge in [-0.05, 0) is 54.1 Å². The molecule has 0 fully saturated rings. The van der Waals surface area contributed by atoms with Gasteiger partial charge in [0.1, 0.15) is 10.9 Å². The number of nitrogens with zero attached hydrogens (tertiary/aromatic N) is 1. The molecule has 1 amide bonds. The van der Waals surface area contributed by atoms with Crippen molar-refractivity contribution in [3.8, 4) is 16.9 Å². The number of nitrogen functional groups attached to an aromatic ring is 1. The summed E-state index contributed by atoms with van der Waals surface area (Å²) in [6.45, 7) is 0. The first kappa shape index (κ1) is 15.8. The maximum Gasteiger partial charge on any atom is 0.255 e. The molecule has 0 saturated carbocycles. The lowest BCUT2D eigenvalue weighted by molar-refractivity contribution is 0.102. The minimum Gasteiger partial charge on any atom is -0.508 e. The van der Waals surface area contributed by atoms with Crippen LogP contribution in [0.5, 0.6) is 5.75 Å². The Bertz CT molecular complexity index is 878. The molecule has 0 radical (unpaired) electrons. The smallest absolute Gasteiger partial charge is 0.255 e. The van der Waals surface area contributed by atoms with Crippen molar-refractivity contribution in [2.45, 2.75) is 0 Å². The first-order valence-electron chi connectivity index (χ1n) is 7.15. The van der Waals surface area contributed by atoms with Crippen molar-refractivity contribution in [2.24, 2.45) is 0 Å². The van der Waals surface area contributed by atoms with Gasteiger partial charge in [-0.2, -0.15) is 0 Å². The summed E-state index contributed by atoms with van der Waals surface area (Å²) in [4.78, 5) is 16.3. The van der Waals surface area contributed by atoms with Crippen molar-refractivity contribution in [3.63, 3.8) is 0 Å². The van der Waals surface area contributed by atoms with Gasteiger partial charge >= 0.3 is 0 Å². The van der Waals surface area contributed by atoms with Gasteiger partial charge in [0.05, 0.1) is 11.4 Å². The Balaban J connectivity index is 1.87. The molecule has 24 heavy (non-hydrogen) atoms. The van der Waals surface area contributed by atoms with Gasteiger partial charge in [-0.25, -0.2) is 4.98 Å². The van der Waals surface area contributed by atoms with Crippen LogP contribution in [0.3, 0.4) is 0 Å². The van der Waals surface area contributed by atoms with E-state index in [1.807, 2.05) is 12.1 Å². The van der Waals surface area contributed by atoms with Crippen LogP contribution in [0.4, 0.5) is 11.4 Å². The summed E-state index contributed by atoms with van der Waals surface area (Å²) >= 11 is 5.80. The van der Waals surface area contributed by atoms with Crippen LogP contribution in [0.1, 0.15) is 10.4 Å². The zero-order valence-electron chi connectivity index (χ0n) is 12.5. The lowest BCUT2D eigenvalue weighted by Crippen LogP contribution is -2.13. The number of hydrogen-bond acceptors (Lipinski definition) is 4. The normalized spacial score (nSPS) is 10.4. The van der Waals surface area contributed by atoms with Gasteiger partial charge in [0.15, 0.2) is 0 Å². The van der Waals surface area contributed by atoms with E-state index in [0.29, 0.717) is 22.1 Å². The summed E-state index contributed by atoms with van der Waals surface area (Å²) in [5, 5.41) is 12.5. The van der Waals surface area contributed by atoms with Gasteiger partial charge in [0.25, 0.3) is 5.91 Å². The first-order valence-corrected chi connectivity index (χ1v) is 7.52. The number of nitrogens with two attached hydrogens (primary N) is 1. The molecule has 1 heterocycles. The summed E-state index contributed by atoms with van der Waals surface area (Å²) in [5.41, 5.74) is 9.04. The largest absolute Gasteiger partial charge is 0.508 e. The van der Waals surface area contributed by atoms with E-state index in [9.17, 15) is 9.90 Å². The lowest BCUT2D eigenvalue weighted by atomic mass is 10.1. The van der Waals surface area contributed by atoms with Crippen molar-refractivity contribution in [1.82, 2.24) is 4.98 Å². The molecule has 0 aliphatic heterocycles. The van der Waals surface area contributed by atoms with Crippen LogP contribution in [0.15, 0.2) is 60.8 Å². The van der Waals surface area contributed by atoms with Crippen molar-refractivity contribution in [3.05, 3.63) is 71.5 Å². The second-order valence-corrected chi connectivity index (χ2v) is 5.56. The second kappa shape index (κ2) is 6.60. The topological polar surface area (TPSA) is 88.2 Å². The van der Waals surface area contributed by atoms with Crippen molar-refractivity contribution in [2.75, 3.05) is 11.1 Å². The molecule has 1 aromatic heterocycles. The van der Waals surface area contributed by atoms with Crippen LogP contribution in [0.2, 0.25) is 5.15 Å². The molecule has 120 valence electrons. The SMILES string of the molecule is Nc1ccc(-c2ccc(Cl)nc2)cc1NC(=O)c1ccc(O)cc1. The molecule has 4 N–H and O–H groups in total. The van der Waals surface area contributed by atoms with E-state index in [1.165, 1.54) is 24.3 Å². The number of phenolic OH excluding ortho intramolecular Hbond substituents is 1. The lowest BCUT2D eigenvalue weighted by Gasteiger charge is -2.11. The summed E-state index contributed by atoms with van der Waals surface area (Å²) in [7, 11) is 0. The Hall–Kier alpha value is -3.05. The Morgan fingerprint density at radius 3 is 2.42 bits per heavy atom. The van der Waals surface area contributed by atoms with Crippen LogP contribution in [0.25, 0.3) is 11.1 Å². The Labute approximate surface area is 143 Å². The number of nitrogens with one attached hydrogen (secondary N) is 1. The van der Waals surface area contributed by atoms with Crippen LogP contribution in [-0.4, -0.2) is 16.0 Å². The molecular weight excluding hydrogens is 326 g/mol. The first-order chi connectivity index (χ1) is 11.5. The second-order valence-electron chi connectivity index (χ2n) is 5.17. The van der Waals surface area contributed by atoms with Crippen molar-refractivity contribution < 1.29 is 9.90 Å². The predicted molar refractivity (Wildman–Crippen MR) is 95.2 cm³/mol. The molecule has 0 unspecified atom stereocenters. The van der Waals surface area contributed by atoms with Crippen molar-refractivity contribution in [1.29, 1.82) is 0 Å². The molecule has 0 aliphatic carbocycles. The number of aromatic nitrogens is 1. The van der Waals surface area contributed by atoms with E-state index < -0.39 is 0 Å². The number of halogens is 1. The number of benzene rings is 2. The van der Waals surface area contributed by atoms with E-state index in [1.54, 1.807) is 24.4 Å². The Morgan fingerprint density at radius 2 is 1.75 bits per heavy atom. The molecule has 3 rings (SSSR count). The molecule has 0 aliphatic rings. The number of amides is 1. The maximum atomic E-state index is 12.3. The zero-order chi connectivity index (χ0) is 17.1. The molecule has 0 bridgehead atoms. The molecule has 0 atom stereocenters. The molecule has 3 aromatic rings. The quantitative estimate of drug-likeness (QED) is 0.498. The van der Waals surface area contributed by atoms with Gasteiger partial charge in [0.2, 0.25) is 0 Å². The minimum absolute atomic E-state index is 0.100. The minimum atomic E-state index is -0.312. The van der Waals surface area contributed by atoms with Crippen molar-refractivity contribution >= 4 is 28.9 Å². The van der Waals surface area contributed by atoms with Crippen LogP contribution in [0, 0.1) is 0 Å².